The molecular formula is C20H24N4O4. The number of rotatable bonds is 5. The van der Waals surface area contributed by atoms with Crippen LogP contribution in [0.25, 0.3) is 0 Å². The Morgan fingerprint density at radius 2 is 1.82 bits per heavy atom. The van der Waals surface area contributed by atoms with Crippen molar-refractivity contribution in [1.82, 2.24) is 15.5 Å². The number of nitrogens with one attached hydrogen (secondary N) is 2. The van der Waals surface area contributed by atoms with Crippen molar-refractivity contribution >= 4 is 23.6 Å². The maximum atomic E-state index is 12.8. The van der Waals surface area contributed by atoms with Crippen molar-refractivity contribution in [3.63, 3.8) is 0 Å². The number of carbonyl (C=O) groups is 4. The largest absolute Gasteiger partial charge is 0.324 e. The van der Waals surface area contributed by atoms with Gasteiger partial charge in [-0.25, -0.2) is 0 Å². The molecule has 1 unspecified atom stereocenters. The van der Waals surface area contributed by atoms with Crippen LogP contribution in [-0.2, 0) is 16.1 Å². The van der Waals surface area contributed by atoms with Crippen molar-refractivity contribution in [2.24, 2.45) is 5.73 Å². The fourth-order valence-electron chi connectivity index (χ4n) is 4.34. The van der Waals surface area contributed by atoms with Crippen LogP contribution in [0.15, 0.2) is 18.2 Å². The second-order valence-corrected chi connectivity index (χ2v) is 8.00. The summed E-state index contributed by atoms with van der Waals surface area (Å²) in [6, 6.07) is 4.20. The zero-order chi connectivity index (χ0) is 19.9. The van der Waals surface area contributed by atoms with Gasteiger partial charge in [0.2, 0.25) is 11.8 Å². The number of carbonyl (C=O) groups excluding carboxylic acids is 4. The Morgan fingerprint density at radius 3 is 2.54 bits per heavy atom. The van der Waals surface area contributed by atoms with Gasteiger partial charge < -0.3 is 11.1 Å². The normalized spacial score (nSPS) is 23.9. The first kappa shape index (κ1) is 18.8. The van der Waals surface area contributed by atoms with Gasteiger partial charge in [-0.1, -0.05) is 18.9 Å². The molecule has 1 atom stereocenters. The molecular weight excluding hydrogens is 360 g/mol. The average Bonchev–Trinajstić information content (AvgIpc) is 3.19. The average molecular weight is 384 g/mol. The molecule has 4 N–H and O–H groups in total. The summed E-state index contributed by atoms with van der Waals surface area (Å²) in [5.74, 6) is -1.95. The lowest BCUT2D eigenvalue weighted by molar-refractivity contribution is -0.136. The third-order valence-corrected chi connectivity index (χ3v) is 5.91. The predicted molar refractivity (Wildman–Crippen MR) is 100 cm³/mol. The number of amides is 4. The zero-order valence-corrected chi connectivity index (χ0v) is 15.6. The van der Waals surface area contributed by atoms with Crippen molar-refractivity contribution in [3.8, 4) is 0 Å². The lowest BCUT2D eigenvalue weighted by atomic mass is 9.99. The van der Waals surface area contributed by atoms with Crippen LogP contribution >= 0.6 is 0 Å². The van der Waals surface area contributed by atoms with Crippen LogP contribution in [0.4, 0.5) is 0 Å². The summed E-state index contributed by atoms with van der Waals surface area (Å²) in [6.07, 6.45) is 4.60. The smallest absolute Gasteiger partial charge is 0.262 e. The van der Waals surface area contributed by atoms with Gasteiger partial charge in [0, 0.05) is 25.0 Å². The van der Waals surface area contributed by atoms with Crippen LogP contribution in [0.3, 0.4) is 0 Å². The third-order valence-electron chi connectivity index (χ3n) is 5.91. The molecule has 2 heterocycles. The molecule has 0 bridgehead atoms. The molecule has 1 aliphatic carbocycles. The standard InChI is InChI=1S/C20H24N4O4/c21-20(7-1-2-8-20)11-22-10-12-3-4-13-14(9-12)19(28)24(18(13)27)15-5-6-16(25)23-17(15)26/h3-4,9,15,22H,1-2,5-8,10-11,21H2,(H,23,25,26). The number of benzene rings is 1. The molecule has 1 aromatic carbocycles. The first-order valence-corrected chi connectivity index (χ1v) is 9.72. The van der Waals surface area contributed by atoms with E-state index in [1.54, 1.807) is 12.1 Å². The highest BCUT2D eigenvalue weighted by Crippen LogP contribution is 2.29. The lowest BCUT2D eigenvalue weighted by Crippen LogP contribution is -2.54. The van der Waals surface area contributed by atoms with E-state index in [9.17, 15) is 19.2 Å². The summed E-state index contributed by atoms with van der Waals surface area (Å²) in [5.41, 5.74) is 7.67. The number of nitrogens with zero attached hydrogens (tertiary/aromatic N) is 1. The van der Waals surface area contributed by atoms with Crippen LogP contribution < -0.4 is 16.4 Å². The van der Waals surface area contributed by atoms with E-state index in [0.717, 1.165) is 36.1 Å². The van der Waals surface area contributed by atoms with Crippen molar-refractivity contribution in [1.29, 1.82) is 0 Å². The first-order valence-electron chi connectivity index (χ1n) is 9.72. The number of hydrogen-bond acceptors (Lipinski definition) is 6. The van der Waals surface area contributed by atoms with E-state index in [0.29, 0.717) is 24.2 Å². The molecule has 0 aromatic heterocycles. The molecule has 2 fully saturated rings. The van der Waals surface area contributed by atoms with Crippen molar-refractivity contribution in [2.45, 2.75) is 56.7 Å². The first-order chi connectivity index (χ1) is 13.4. The predicted octanol–water partition coefficient (Wildman–Crippen LogP) is 0.449. The van der Waals surface area contributed by atoms with E-state index in [4.69, 9.17) is 5.73 Å². The van der Waals surface area contributed by atoms with Gasteiger partial charge in [0.05, 0.1) is 11.1 Å². The molecule has 8 nitrogen and oxygen atoms in total. The fourth-order valence-corrected chi connectivity index (χ4v) is 4.34. The maximum Gasteiger partial charge on any atom is 0.262 e. The Balaban J connectivity index is 1.46. The number of piperidine rings is 1. The molecule has 2 aliphatic heterocycles. The molecule has 148 valence electrons. The van der Waals surface area contributed by atoms with Crippen LogP contribution in [0.2, 0.25) is 0 Å². The number of imide groups is 2. The molecule has 3 aliphatic rings. The molecule has 28 heavy (non-hydrogen) atoms. The number of fused-ring (bicyclic) bond motifs is 1. The van der Waals surface area contributed by atoms with Gasteiger partial charge in [-0.15, -0.1) is 0 Å². The van der Waals surface area contributed by atoms with Gasteiger partial charge in [0.15, 0.2) is 0 Å². The maximum absolute atomic E-state index is 12.8. The SMILES string of the molecule is NC1(CNCc2ccc3c(c2)C(=O)N(C2CCC(=O)NC2=O)C3=O)CCCC1. The molecule has 1 saturated carbocycles. The van der Waals surface area contributed by atoms with Crippen LogP contribution in [-0.4, -0.2) is 46.7 Å². The Bertz CT molecular complexity index is 860. The quantitative estimate of drug-likeness (QED) is 0.634. The Hall–Kier alpha value is -2.58. The molecule has 0 spiro atoms. The second kappa shape index (κ2) is 7.10. The topological polar surface area (TPSA) is 122 Å². The molecule has 1 aromatic rings. The van der Waals surface area contributed by atoms with Gasteiger partial charge in [-0.05, 0) is 37.0 Å². The highest BCUT2D eigenvalue weighted by molar-refractivity contribution is 6.23. The van der Waals surface area contributed by atoms with Gasteiger partial charge in [-0.2, -0.15) is 0 Å². The summed E-state index contributed by atoms with van der Waals surface area (Å²) in [4.78, 5) is 49.9. The van der Waals surface area contributed by atoms with Crippen molar-refractivity contribution in [2.75, 3.05) is 6.54 Å². The van der Waals surface area contributed by atoms with Gasteiger partial charge in [0.25, 0.3) is 11.8 Å². The highest BCUT2D eigenvalue weighted by Gasteiger charge is 2.44. The molecule has 4 amide bonds. The summed E-state index contributed by atoms with van der Waals surface area (Å²) in [5, 5.41) is 5.55. The van der Waals surface area contributed by atoms with E-state index < -0.39 is 23.8 Å². The van der Waals surface area contributed by atoms with E-state index in [1.165, 1.54) is 0 Å². The van der Waals surface area contributed by atoms with Gasteiger partial charge >= 0.3 is 0 Å². The fraction of sp³-hybridized carbons (Fsp3) is 0.500. The zero-order valence-electron chi connectivity index (χ0n) is 15.6. The summed E-state index contributed by atoms with van der Waals surface area (Å²) < 4.78 is 0. The Labute approximate surface area is 162 Å². The van der Waals surface area contributed by atoms with Crippen molar-refractivity contribution < 1.29 is 19.2 Å². The van der Waals surface area contributed by atoms with Crippen LogP contribution in [0.1, 0.15) is 64.8 Å². The highest BCUT2D eigenvalue weighted by atomic mass is 16.2. The monoisotopic (exact) mass is 384 g/mol. The summed E-state index contributed by atoms with van der Waals surface area (Å²) in [7, 11) is 0. The molecule has 8 heteroatoms. The molecule has 1 saturated heterocycles. The van der Waals surface area contributed by atoms with Gasteiger partial charge in [-0.3, -0.25) is 29.4 Å². The molecule has 4 rings (SSSR count). The lowest BCUT2D eigenvalue weighted by Gasteiger charge is -2.27. The van der Waals surface area contributed by atoms with Gasteiger partial charge in [0.1, 0.15) is 6.04 Å². The van der Waals surface area contributed by atoms with E-state index in [-0.39, 0.29) is 24.3 Å². The minimum absolute atomic E-state index is 0.111. The summed E-state index contributed by atoms with van der Waals surface area (Å²) >= 11 is 0. The van der Waals surface area contributed by atoms with Crippen LogP contribution in [0.5, 0.6) is 0 Å². The third kappa shape index (κ3) is 3.33. The Kier molecular flexibility index (Phi) is 4.76. The summed E-state index contributed by atoms with van der Waals surface area (Å²) in [6.45, 7) is 1.26. The van der Waals surface area contributed by atoms with Crippen LogP contribution in [0, 0.1) is 0 Å². The Morgan fingerprint density at radius 1 is 1.11 bits per heavy atom. The number of nitrogens with two attached hydrogens (primary N) is 1. The second-order valence-electron chi connectivity index (χ2n) is 8.00. The van der Waals surface area contributed by atoms with Crippen molar-refractivity contribution in [3.05, 3.63) is 34.9 Å². The number of hydrogen-bond donors (Lipinski definition) is 3. The van der Waals surface area contributed by atoms with E-state index in [2.05, 4.69) is 10.6 Å². The minimum Gasteiger partial charge on any atom is -0.324 e. The van der Waals surface area contributed by atoms with E-state index >= 15 is 0 Å². The van der Waals surface area contributed by atoms with E-state index in [1.807, 2.05) is 6.07 Å². The minimum atomic E-state index is -0.939. The molecule has 0 radical (unpaired) electrons.